The first-order valence-electron chi connectivity index (χ1n) is 7.53. The first kappa shape index (κ1) is 15.2. The van der Waals surface area contributed by atoms with Crippen LogP contribution in [0.1, 0.15) is 39.0 Å². The van der Waals surface area contributed by atoms with Gasteiger partial charge in [0.05, 0.1) is 5.25 Å². The smallest absolute Gasteiger partial charge is 0.215 e. The molecule has 0 aliphatic carbocycles. The molecule has 0 saturated carbocycles. The van der Waals surface area contributed by atoms with E-state index in [4.69, 9.17) is 0 Å². The number of likely N-dealkylation sites (tertiary alicyclic amines) is 1. The number of nitrogens with zero attached hydrogens (tertiary/aromatic N) is 1. The van der Waals surface area contributed by atoms with Gasteiger partial charge >= 0.3 is 0 Å². The maximum Gasteiger partial charge on any atom is 0.215 e. The molecule has 2 atom stereocenters. The second-order valence-electron chi connectivity index (χ2n) is 5.81. The fourth-order valence-corrected chi connectivity index (χ4v) is 4.45. The normalized spacial score (nSPS) is 28.2. The van der Waals surface area contributed by atoms with Gasteiger partial charge in [0.2, 0.25) is 10.0 Å². The zero-order valence-corrected chi connectivity index (χ0v) is 12.7. The van der Waals surface area contributed by atoms with E-state index in [1.165, 1.54) is 19.3 Å². The average Bonchev–Trinajstić information content (AvgIpc) is 2.47. The highest BCUT2D eigenvalue weighted by atomic mass is 32.2. The molecule has 0 aromatic heterocycles. The quantitative estimate of drug-likeness (QED) is 0.775. The van der Waals surface area contributed by atoms with Gasteiger partial charge in [-0.2, -0.15) is 0 Å². The molecule has 6 heteroatoms. The Morgan fingerprint density at radius 1 is 1.26 bits per heavy atom. The molecule has 2 rings (SSSR count). The van der Waals surface area contributed by atoms with Crippen LogP contribution in [0.15, 0.2) is 0 Å². The summed E-state index contributed by atoms with van der Waals surface area (Å²) in [6, 6.07) is 0.298. The van der Waals surface area contributed by atoms with Gasteiger partial charge in [-0.05, 0) is 52.2 Å². The van der Waals surface area contributed by atoms with Crippen LogP contribution >= 0.6 is 0 Å². The second kappa shape index (κ2) is 7.02. The summed E-state index contributed by atoms with van der Waals surface area (Å²) in [7, 11) is -3.16. The summed E-state index contributed by atoms with van der Waals surface area (Å²) in [4.78, 5) is 2.39. The van der Waals surface area contributed by atoms with Crippen LogP contribution in [0, 0.1) is 0 Å². The van der Waals surface area contributed by atoms with Gasteiger partial charge in [-0.15, -0.1) is 0 Å². The zero-order valence-electron chi connectivity index (χ0n) is 11.9. The van der Waals surface area contributed by atoms with Crippen molar-refractivity contribution in [3.63, 3.8) is 0 Å². The summed E-state index contributed by atoms with van der Waals surface area (Å²) in [6.07, 6.45) is 5.52. The lowest BCUT2D eigenvalue weighted by Gasteiger charge is -2.33. The Hall–Kier alpha value is -0.170. The van der Waals surface area contributed by atoms with Crippen LogP contribution < -0.4 is 10.0 Å². The zero-order chi connectivity index (χ0) is 13.7. The highest BCUT2D eigenvalue weighted by Crippen LogP contribution is 2.13. The standard InChI is InChI=1S/C13H27N3O2S/c1-12(16-8-3-2-4-9-16)10-15-19(17,18)13-6-5-7-14-11-13/h12-15H,2-11H2,1H3. The van der Waals surface area contributed by atoms with Gasteiger partial charge in [0.15, 0.2) is 0 Å². The molecule has 0 amide bonds. The minimum atomic E-state index is -3.16. The number of hydrogen-bond donors (Lipinski definition) is 2. The van der Waals surface area contributed by atoms with Gasteiger partial charge < -0.3 is 5.32 Å². The van der Waals surface area contributed by atoms with Crippen molar-refractivity contribution < 1.29 is 8.42 Å². The average molecular weight is 289 g/mol. The molecule has 2 heterocycles. The third-order valence-corrected chi connectivity index (χ3v) is 6.13. The number of sulfonamides is 1. The van der Waals surface area contributed by atoms with Crippen LogP contribution in [0.2, 0.25) is 0 Å². The molecule has 0 spiro atoms. The first-order chi connectivity index (χ1) is 9.09. The van der Waals surface area contributed by atoms with Crippen LogP contribution in [0.4, 0.5) is 0 Å². The lowest BCUT2D eigenvalue weighted by Crippen LogP contribution is -2.49. The molecule has 5 nitrogen and oxygen atoms in total. The molecule has 2 aliphatic rings. The van der Waals surface area contributed by atoms with Gasteiger partial charge in [0, 0.05) is 19.1 Å². The van der Waals surface area contributed by atoms with Gasteiger partial charge in [-0.1, -0.05) is 6.42 Å². The van der Waals surface area contributed by atoms with E-state index < -0.39 is 10.0 Å². The summed E-state index contributed by atoms with van der Waals surface area (Å²) in [5.74, 6) is 0. The monoisotopic (exact) mass is 289 g/mol. The molecule has 2 saturated heterocycles. The van der Waals surface area contributed by atoms with E-state index in [2.05, 4.69) is 21.9 Å². The van der Waals surface area contributed by atoms with E-state index in [1.54, 1.807) is 0 Å². The SMILES string of the molecule is CC(CNS(=O)(=O)C1CCCNC1)N1CCCCC1. The van der Waals surface area contributed by atoms with Crippen molar-refractivity contribution in [1.82, 2.24) is 14.9 Å². The van der Waals surface area contributed by atoms with Crippen molar-refractivity contribution in [2.75, 3.05) is 32.7 Å². The third-order valence-electron chi connectivity index (χ3n) is 4.28. The molecule has 0 radical (unpaired) electrons. The fraction of sp³-hybridized carbons (Fsp3) is 1.00. The van der Waals surface area contributed by atoms with Gasteiger partial charge in [0.1, 0.15) is 0 Å². The molecule has 2 unspecified atom stereocenters. The molecule has 2 N–H and O–H groups in total. The minimum Gasteiger partial charge on any atom is -0.315 e. The second-order valence-corrected chi connectivity index (χ2v) is 7.85. The Kier molecular flexibility index (Phi) is 5.62. The molecule has 2 fully saturated rings. The summed E-state index contributed by atoms with van der Waals surface area (Å²) >= 11 is 0. The van der Waals surface area contributed by atoms with Crippen molar-refractivity contribution in [3.05, 3.63) is 0 Å². The van der Waals surface area contributed by atoms with Crippen LogP contribution in [-0.4, -0.2) is 57.3 Å². The van der Waals surface area contributed by atoms with E-state index in [0.717, 1.165) is 32.5 Å². The lowest BCUT2D eigenvalue weighted by molar-refractivity contribution is 0.175. The molecule has 0 aromatic carbocycles. The van der Waals surface area contributed by atoms with Gasteiger partial charge in [-0.3, -0.25) is 4.90 Å². The first-order valence-corrected chi connectivity index (χ1v) is 9.07. The van der Waals surface area contributed by atoms with E-state index in [9.17, 15) is 8.42 Å². The largest absolute Gasteiger partial charge is 0.315 e. The Morgan fingerprint density at radius 3 is 2.63 bits per heavy atom. The van der Waals surface area contributed by atoms with Gasteiger partial charge in [-0.25, -0.2) is 13.1 Å². The van der Waals surface area contributed by atoms with Crippen molar-refractivity contribution in [2.24, 2.45) is 0 Å². The number of rotatable bonds is 5. The van der Waals surface area contributed by atoms with Crippen LogP contribution in [0.3, 0.4) is 0 Å². The molecular weight excluding hydrogens is 262 g/mol. The molecule has 0 aromatic rings. The number of piperidine rings is 2. The Morgan fingerprint density at radius 2 is 2.00 bits per heavy atom. The van der Waals surface area contributed by atoms with Crippen LogP contribution in [0.5, 0.6) is 0 Å². The van der Waals surface area contributed by atoms with Crippen molar-refractivity contribution in [3.8, 4) is 0 Å². The third kappa shape index (κ3) is 4.41. The van der Waals surface area contributed by atoms with Crippen molar-refractivity contribution in [1.29, 1.82) is 0 Å². The summed E-state index contributed by atoms with van der Waals surface area (Å²) in [5, 5.41) is 2.91. The van der Waals surface area contributed by atoms with Crippen molar-refractivity contribution in [2.45, 2.75) is 50.3 Å². The summed E-state index contributed by atoms with van der Waals surface area (Å²) in [6.45, 7) is 6.40. The number of hydrogen-bond acceptors (Lipinski definition) is 4. The maximum absolute atomic E-state index is 12.2. The predicted octanol–water partition coefficient (Wildman–Crippen LogP) is 0.532. The van der Waals surface area contributed by atoms with E-state index in [1.807, 2.05) is 0 Å². The minimum absolute atomic E-state index is 0.255. The molecular formula is C13H27N3O2S. The topological polar surface area (TPSA) is 61.4 Å². The lowest BCUT2D eigenvalue weighted by atomic mass is 10.1. The van der Waals surface area contributed by atoms with E-state index in [0.29, 0.717) is 19.1 Å². The molecule has 2 aliphatic heterocycles. The van der Waals surface area contributed by atoms with E-state index in [-0.39, 0.29) is 5.25 Å². The Balaban J connectivity index is 1.79. The Labute approximate surface area is 117 Å². The molecule has 0 bridgehead atoms. The Bertz CT molecular complexity index is 360. The van der Waals surface area contributed by atoms with E-state index >= 15 is 0 Å². The summed E-state index contributed by atoms with van der Waals surface area (Å²) < 4.78 is 27.2. The van der Waals surface area contributed by atoms with Crippen LogP contribution in [0.25, 0.3) is 0 Å². The number of nitrogens with one attached hydrogen (secondary N) is 2. The highest BCUT2D eigenvalue weighted by Gasteiger charge is 2.27. The van der Waals surface area contributed by atoms with Gasteiger partial charge in [0.25, 0.3) is 0 Å². The molecule has 112 valence electrons. The summed E-state index contributed by atoms with van der Waals surface area (Å²) in [5.41, 5.74) is 0. The predicted molar refractivity (Wildman–Crippen MR) is 77.7 cm³/mol. The molecule has 19 heavy (non-hydrogen) atoms. The van der Waals surface area contributed by atoms with Crippen LogP contribution in [-0.2, 0) is 10.0 Å². The maximum atomic E-state index is 12.2. The fourth-order valence-electron chi connectivity index (χ4n) is 2.93. The van der Waals surface area contributed by atoms with Crippen molar-refractivity contribution >= 4 is 10.0 Å². The highest BCUT2D eigenvalue weighted by molar-refractivity contribution is 7.90.